The van der Waals surface area contributed by atoms with E-state index in [1.165, 1.54) is 39.9 Å². The van der Waals surface area contributed by atoms with E-state index in [-0.39, 0.29) is 17.1 Å². The number of thiazole rings is 1. The second-order valence-corrected chi connectivity index (χ2v) is 11.5. The van der Waals surface area contributed by atoms with Crippen molar-refractivity contribution in [1.29, 1.82) is 0 Å². The number of benzene rings is 2. The van der Waals surface area contributed by atoms with Crippen LogP contribution in [-0.2, 0) is 21.3 Å². The Morgan fingerprint density at radius 1 is 1.11 bits per heavy atom. The summed E-state index contributed by atoms with van der Waals surface area (Å²) in [5.74, 6) is 0.349. The summed E-state index contributed by atoms with van der Waals surface area (Å²) < 4.78 is 42.1. The molecule has 8 nitrogen and oxygen atoms in total. The maximum atomic E-state index is 13.1. The van der Waals surface area contributed by atoms with Gasteiger partial charge in [0.2, 0.25) is 10.0 Å². The Labute approximate surface area is 209 Å². The molecule has 35 heavy (non-hydrogen) atoms. The fourth-order valence-corrected chi connectivity index (χ4v) is 6.95. The molecule has 2 atom stereocenters. The van der Waals surface area contributed by atoms with Crippen molar-refractivity contribution in [3.63, 3.8) is 0 Å². The Hall–Kier alpha value is -2.53. The molecule has 0 radical (unpaired) electrons. The van der Waals surface area contributed by atoms with E-state index in [1.807, 2.05) is 43.5 Å². The lowest BCUT2D eigenvalue weighted by atomic mass is 10.2. The van der Waals surface area contributed by atoms with Crippen LogP contribution in [0.2, 0.25) is 0 Å². The van der Waals surface area contributed by atoms with E-state index >= 15 is 0 Å². The second-order valence-electron chi connectivity index (χ2n) is 8.59. The highest BCUT2D eigenvalue weighted by atomic mass is 32.2. The van der Waals surface area contributed by atoms with Crippen LogP contribution in [0.25, 0.3) is 10.2 Å². The molecule has 0 bridgehead atoms. The molecule has 0 N–H and O–H groups in total. The van der Waals surface area contributed by atoms with Crippen LogP contribution < -0.4 is 9.54 Å². The van der Waals surface area contributed by atoms with E-state index in [9.17, 15) is 13.2 Å². The van der Waals surface area contributed by atoms with Gasteiger partial charge in [-0.25, -0.2) is 8.42 Å². The molecule has 188 valence electrons. The molecule has 0 aliphatic carbocycles. The summed E-state index contributed by atoms with van der Waals surface area (Å²) in [6.45, 7) is 9.57. The minimum atomic E-state index is -3.68. The predicted octanol–water partition coefficient (Wildman–Crippen LogP) is 4.05. The van der Waals surface area contributed by atoms with Crippen molar-refractivity contribution < 1.29 is 22.7 Å². The van der Waals surface area contributed by atoms with Gasteiger partial charge in [-0.15, -0.1) is 0 Å². The van der Waals surface area contributed by atoms with E-state index < -0.39 is 15.9 Å². The average molecular weight is 518 g/mol. The zero-order valence-corrected chi connectivity index (χ0v) is 22.1. The third-order valence-corrected chi connectivity index (χ3v) is 8.62. The number of carbonyl (C=O) groups is 1. The highest BCUT2D eigenvalue weighted by Crippen LogP contribution is 2.28. The molecular weight excluding hydrogens is 486 g/mol. The number of fused-ring (bicyclic) bond motifs is 1. The number of nitrogens with zero attached hydrogens (tertiary/aromatic N) is 3. The van der Waals surface area contributed by atoms with Gasteiger partial charge in [0.1, 0.15) is 11.3 Å². The Balaban J connectivity index is 1.65. The van der Waals surface area contributed by atoms with Crippen LogP contribution >= 0.6 is 11.3 Å². The lowest BCUT2D eigenvalue weighted by molar-refractivity contribution is -0.0440. The highest BCUT2D eigenvalue weighted by molar-refractivity contribution is 7.89. The van der Waals surface area contributed by atoms with Crippen molar-refractivity contribution in [3.8, 4) is 5.75 Å². The molecule has 1 amide bonds. The number of ether oxygens (including phenoxy) is 2. The van der Waals surface area contributed by atoms with Crippen LogP contribution in [0.15, 0.2) is 52.4 Å². The zero-order chi connectivity index (χ0) is 25.2. The number of morpholine rings is 1. The summed E-state index contributed by atoms with van der Waals surface area (Å²) in [6.07, 6.45) is 0.527. The van der Waals surface area contributed by atoms with E-state index in [0.717, 1.165) is 22.4 Å². The summed E-state index contributed by atoms with van der Waals surface area (Å²) in [5.41, 5.74) is 1.27. The molecular formula is C25H31N3O5S2. The minimum Gasteiger partial charge on any atom is -0.492 e. The first-order chi connectivity index (χ1) is 16.7. The number of rotatable bonds is 7. The van der Waals surface area contributed by atoms with Crippen LogP contribution in [0.4, 0.5) is 0 Å². The highest BCUT2D eigenvalue weighted by Gasteiger charge is 2.32. The van der Waals surface area contributed by atoms with Crippen LogP contribution in [0, 0.1) is 0 Å². The summed E-state index contributed by atoms with van der Waals surface area (Å²) >= 11 is 1.43. The number of amides is 1. The monoisotopic (exact) mass is 517 g/mol. The number of para-hydroxylation sites is 1. The van der Waals surface area contributed by atoms with Crippen LogP contribution in [0.1, 0.15) is 44.5 Å². The molecule has 4 rings (SSSR count). The summed E-state index contributed by atoms with van der Waals surface area (Å²) in [5, 5.41) is 0. The van der Waals surface area contributed by atoms with Crippen molar-refractivity contribution in [2.24, 2.45) is 4.99 Å². The van der Waals surface area contributed by atoms with Crippen LogP contribution in [0.5, 0.6) is 5.75 Å². The van der Waals surface area contributed by atoms with Crippen LogP contribution in [-0.4, -0.2) is 55.1 Å². The second kappa shape index (κ2) is 10.6. The topological polar surface area (TPSA) is 90.2 Å². The largest absolute Gasteiger partial charge is 0.492 e. The SMILES string of the molecule is CCCn1c(=NC(=O)c2ccc(S(=O)(=O)N3C[C@H](C)O[C@@H](C)C3)cc2)sc2cccc(OCC)c21. The first kappa shape index (κ1) is 25.6. The molecule has 0 spiro atoms. The van der Waals surface area contributed by atoms with Crippen molar-refractivity contribution in [1.82, 2.24) is 8.87 Å². The van der Waals surface area contributed by atoms with Gasteiger partial charge in [-0.3, -0.25) is 4.79 Å². The zero-order valence-electron chi connectivity index (χ0n) is 20.4. The van der Waals surface area contributed by atoms with Crippen molar-refractivity contribution in [2.45, 2.75) is 57.8 Å². The maximum Gasteiger partial charge on any atom is 0.279 e. The third kappa shape index (κ3) is 5.35. The Morgan fingerprint density at radius 3 is 2.43 bits per heavy atom. The Kier molecular flexibility index (Phi) is 7.75. The van der Waals surface area contributed by atoms with Crippen molar-refractivity contribution >= 4 is 37.5 Å². The number of carbonyl (C=O) groups excluding carboxylic acids is 1. The fraction of sp³-hybridized carbons (Fsp3) is 0.440. The molecule has 3 aromatic rings. The van der Waals surface area contributed by atoms with E-state index in [0.29, 0.717) is 36.6 Å². The Morgan fingerprint density at radius 2 is 1.80 bits per heavy atom. The summed E-state index contributed by atoms with van der Waals surface area (Å²) in [6, 6.07) is 11.8. The van der Waals surface area contributed by atoms with Gasteiger partial charge in [0.25, 0.3) is 5.91 Å². The average Bonchev–Trinajstić information content (AvgIpc) is 3.17. The first-order valence-electron chi connectivity index (χ1n) is 11.8. The van der Waals surface area contributed by atoms with Gasteiger partial charge in [0.15, 0.2) is 4.80 Å². The van der Waals surface area contributed by atoms with Gasteiger partial charge < -0.3 is 14.0 Å². The number of aromatic nitrogens is 1. The number of aryl methyl sites for hydroxylation is 1. The van der Waals surface area contributed by atoms with Gasteiger partial charge in [-0.2, -0.15) is 9.30 Å². The lowest BCUT2D eigenvalue weighted by Gasteiger charge is -2.34. The van der Waals surface area contributed by atoms with Gasteiger partial charge in [-0.1, -0.05) is 24.3 Å². The molecule has 0 unspecified atom stereocenters. The molecule has 1 fully saturated rings. The summed E-state index contributed by atoms with van der Waals surface area (Å²) in [7, 11) is -3.68. The summed E-state index contributed by atoms with van der Waals surface area (Å²) in [4.78, 5) is 18.2. The van der Waals surface area contributed by atoms with Gasteiger partial charge in [0.05, 0.1) is 28.4 Å². The lowest BCUT2D eigenvalue weighted by Crippen LogP contribution is -2.48. The van der Waals surface area contributed by atoms with E-state index in [4.69, 9.17) is 9.47 Å². The van der Waals surface area contributed by atoms with Gasteiger partial charge >= 0.3 is 0 Å². The van der Waals surface area contributed by atoms with E-state index in [2.05, 4.69) is 11.9 Å². The molecule has 10 heteroatoms. The van der Waals surface area contributed by atoms with E-state index in [1.54, 1.807) is 0 Å². The fourth-order valence-electron chi connectivity index (χ4n) is 4.28. The molecule has 1 saturated heterocycles. The predicted molar refractivity (Wildman–Crippen MR) is 136 cm³/mol. The van der Waals surface area contributed by atoms with Gasteiger partial charge in [0, 0.05) is 25.2 Å². The molecule has 1 aromatic heterocycles. The molecule has 1 aliphatic heterocycles. The van der Waals surface area contributed by atoms with Crippen molar-refractivity contribution in [3.05, 3.63) is 52.8 Å². The van der Waals surface area contributed by atoms with Crippen molar-refractivity contribution in [2.75, 3.05) is 19.7 Å². The van der Waals surface area contributed by atoms with Crippen LogP contribution in [0.3, 0.4) is 0 Å². The minimum absolute atomic E-state index is 0.152. The molecule has 2 aromatic carbocycles. The molecule has 1 aliphatic rings. The molecule has 0 saturated carbocycles. The normalized spacial score (nSPS) is 19.8. The number of hydrogen-bond acceptors (Lipinski definition) is 6. The smallest absolute Gasteiger partial charge is 0.279 e. The first-order valence-corrected chi connectivity index (χ1v) is 14.1. The maximum absolute atomic E-state index is 13.1. The number of hydrogen-bond donors (Lipinski definition) is 0. The number of sulfonamides is 1. The molecule has 2 heterocycles. The standard InChI is InChI=1S/C25H31N3O5S2/c1-5-14-28-23-21(32-6-2)8-7-9-22(23)34-25(28)26-24(29)19-10-12-20(13-11-19)35(30,31)27-15-17(3)33-18(4)16-27/h7-13,17-18H,5-6,14-16H2,1-4H3/t17-,18-/m0/s1. The Bertz CT molecular complexity index is 1370. The van der Waals surface area contributed by atoms with Gasteiger partial charge in [-0.05, 0) is 63.6 Å². The quantitative estimate of drug-likeness (QED) is 0.472. The third-order valence-electron chi connectivity index (χ3n) is 5.73.